The molecule has 100 valence electrons. The minimum Gasteiger partial charge on any atom is -0.396 e. The molecule has 0 radical (unpaired) electrons. The number of carbonyl (C=O) groups excluding carboxylic acids is 1. The summed E-state index contributed by atoms with van der Waals surface area (Å²) in [6.45, 7) is 3.65. The van der Waals surface area contributed by atoms with Crippen LogP contribution in [0.5, 0.6) is 0 Å². The lowest BCUT2D eigenvalue weighted by molar-refractivity contribution is 0.0254. The Bertz CT molecular complexity index is 428. The van der Waals surface area contributed by atoms with Crippen LogP contribution in [0.25, 0.3) is 0 Å². The number of carbonyl (C=O) groups is 1. The Morgan fingerprint density at radius 3 is 2.94 bits per heavy atom. The third-order valence-corrected chi connectivity index (χ3v) is 5.04. The van der Waals surface area contributed by atoms with Crippen molar-refractivity contribution in [2.45, 2.75) is 26.2 Å². The summed E-state index contributed by atoms with van der Waals surface area (Å²) < 4.78 is 0.638. The quantitative estimate of drug-likeness (QED) is 0.928. The second-order valence-electron chi connectivity index (χ2n) is 4.95. The molecule has 1 aliphatic rings. The second-order valence-corrected chi connectivity index (χ2v) is 6.66. The van der Waals surface area contributed by atoms with Gasteiger partial charge in [-0.15, -0.1) is 11.3 Å². The van der Waals surface area contributed by atoms with Crippen LogP contribution >= 0.6 is 22.9 Å². The van der Waals surface area contributed by atoms with E-state index in [1.54, 1.807) is 12.1 Å². The smallest absolute Gasteiger partial charge is 0.263 e. The normalized spacial score (nSPS) is 24.3. The van der Waals surface area contributed by atoms with E-state index >= 15 is 0 Å². The third-order valence-electron chi connectivity index (χ3n) is 3.82. The van der Waals surface area contributed by atoms with Crippen molar-refractivity contribution in [2.75, 3.05) is 19.7 Å². The number of hydrogen-bond donors (Lipinski definition) is 1. The summed E-state index contributed by atoms with van der Waals surface area (Å²) in [4.78, 5) is 14.9. The van der Waals surface area contributed by atoms with Crippen molar-refractivity contribution in [3.63, 3.8) is 0 Å². The average molecular weight is 288 g/mol. The average Bonchev–Trinajstić information content (AvgIpc) is 2.84. The first-order chi connectivity index (χ1) is 8.60. The molecule has 1 atom stereocenters. The number of amides is 1. The highest BCUT2D eigenvalue weighted by Gasteiger charge is 2.35. The number of thiophene rings is 1. The first-order valence-electron chi connectivity index (χ1n) is 6.26. The van der Waals surface area contributed by atoms with E-state index < -0.39 is 0 Å². The lowest BCUT2D eigenvalue weighted by Crippen LogP contribution is -2.47. The van der Waals surface area contributed by atoms with Gasteiger partial charge in [0, 0.05) is 18.5 Å². The van der Waals surface area contributed by atoms with Crippen LogP contribution < -0.4 is 0 Å². The Labute approximate surface area is 116 Å². The molecule has 1 saturated heterocycles. The maximum absolute atomic E-state index is 12.3. The lowest BCUT2D eigenvalue weighted by Gasteiger charge is -2.41. The maximum atomic E-state index is 12.3. The summed E-state index contributed by atoms with van der Waals surface area (Å²) in [6, 6.07) is 3.53. The number of aliphatic hydroxyl groups excluding tert-OH is 1. The number of piperidine rings is 1. The van der Waals surface area contributed by atoms with Gasteiger partial charge in [-0.1, -0.05) is 18.5 Å². The van der Waals surface area contributed by atoms with Crippen molar-refractivity contribution in [2.24, 2.45) is 5.41 Å². The van der Waals surface area contributed by atoms with Crippen molar-refractivity contribution < 1.29 is 9.90 Å². The highest BCUT2D eigenvalue weighted by Crippen LogP contribution is 2.34. The summed E-state index contributed by atoms with van der Waals surface area (Å²) in [5.74, 6) is 0.0397. The van der Waals surface area contributed by atoms with Gasteiger partial charge in [0.25, 0.3) is 5.91 Å². The summed E-state index contributed by atoms with van der Waals surface area (Å²) in [5, 5.41) is 9.56. The minimum absolute atomic E-state index is 0.0397. The summed E-state index contributed by atoms with van der Waals surface area (Å²) in [6.07, 6.45) is 2.85. The summed E-state index contributed by atoms with van der Waals surface area (Å²) in [5.41, 5.74) is -0.116. The largest absolute Gasteiger partial charge is 0.396 e. The Kier molecular flexibility index (Phi) is 4.30. The van der Waals surface area contributed by atoms with Crippen LogP contribution in [0.1, 0.15) is 35.9 Å². The van der Waals surface area contributed by atoms with Crippen LogP contribution in [-0.4, -0.2) is 35.6 Å². The van der Waals surface area contributed by atoms with Gasteiger partial charge in [-0.2, -0.15) is 0 Å². The molecule has 0 saturated carbocycles. The standard InChI is InChI=1S/C13H18ClNO2S/c1-2-13(9-16)6-3-7-15(8-13)12(17)10-4-5-11(14)18-10/h4-5,16H,2-3,6-9H2,1H3/t13-/m0/s1. The molecule has 18 heavy (non-hydrogen) atoms. The number of hydrogen-bond acceptors (Lipinski definition) is 3. The Balaban J connectivity index is 2.11. The molecule has 1 N–H and O–H groups in total. The van der Waals surface area contributed by atoms with Crippen molar-refractivity contribution in [1.82, 2.24) is 4.90 Å². The topological polar surface area (TPSA) is 40.5 Å². The monoisotopic (exact) mass is 287 g/mol. The Morgan fingerprint density at radius 2 is 2.39 bits per heavy atom. The van der Waals surface area contributed by atoms with E-state index in [0.717, 1.165) is 25.8 Å². The molecule has 0 unspecified atom stereocenters. The van der Waals surface area contributed by atoms with Gasteiger partial charge in [0.15, 0.2) is 0 Å². The van der Waals surface area contributed by atoms with Gasteiger partial charge in [-0.05, 0) is 31.4 Å². The zero-order valence-corrected chi connectivity index (χ0v) is 12.1. The van der Waals surface area contributed by atoms with Crippen molar-refractivity contribution in [3.8, 4) is 0 Å². The molecule has 1 aromatic heterocycles. The number of halogens is 1. The van der Waals surface area contributed by atoms with Crippen LogP contribution in [0.3, 0.4) is 0 Å². The van der Waals surface area contributed by atoms with Gasteiger partial charge in [-0.3, -0.25) is 4.79 Å². The molecule has 0 bridgehead atoms. The van der Waals surface area contributed by atoms with Crippen LogP contribution in [0, 0.1) is 5.41 Å². The lowest BCUT2D eigenvalue weighted by atomic mass is 9.78. The zero-order valence-electron chi connectivity index (χ0n) is 10.5. The zero-order chi connectivity index (χ0) is 13.2. The molecule has 3 nitrogen and oxygen atoms in total. The van der Waals surface area contributed by atoms with E-state index in [1.807, 2.05) is 4.90 Å². The fraction of sp³-hybridized carbons (Fsp3) is 0.615. The van der Waals surface area contributed by atoms with Gasteiger partial charge < -0.3 is 10.0 Å². The van der Waals surface area contributed by atoms with Crippen molar-refractivity contribution in [3.05, 3.63) is 21.3 Å². The molecule has 2 rings (SSSR count). The Morgan fingerprint density at radius 1 is 1.61 bits per heavy atom. The number of nitrogens with zero attached hydrogens (tertiary/aromatic N) is 1. The van der Waals surface area contributed by atoms with Gasteiger partial charge >= 0.3 is 0 Å². The van der Waals surface area contributed by atoms with E-state index in [-0.39, 0.29) is 17.9 Å². The van der Waals surface area contributed by atoms with Crippen LogP contribution in [0.15, 0.2) is 12.1 Å². The molecule has 5 heteroatoms. The fourth-order valence-corrected chi connectivity index (χ4v) is 3.51. The highest BCUT2D eigenvalue weighted by molar-refractivity contribution is 7.17. The summed E-state index contributed by atoms with van der Waals surface area (Å²) in [7, 11) is 0. The molecule has 2 heterocycles. The van der Waals surface area contributed by atoms with Gasteiger partial charge in [-0.25, -0.2) is 0 Å². The third kappa shape index (κ3) is 2.71. The van der Waals surface area contributed by atoms with Crippen molar-refractivity contribution >= 4 is 28.8 Å². The first-order valence-corrected chi connectivity index (χ1v) is 7.45. The Hall–Kier alpha value is -0.580. The van der Waals surface area contributed by atoms with Gasteiger partial charge in [0.1, 0.15) is 0 Å². The van der Waals surface area contributed by atoms with E-state index in [2.05, 4.69) is 6.92 Å². The maximum Gasteiger partial charge on any atom is 0.263 e. The number of rotatable bonds is 3. The van der Waals surface area contributed by atoms with Crippen LogP contribution in [0.2, 0.25) is 4.34 Å². The predicted octanol–water partition coefficient (Wildman–Crippen LogP) is 3.03. The molecule has 1 aromatic rings. The molecular formula is C13H18ClNO2S. The minimum atomic E-state index is -0.116. The second kappa shape index (κ2) is 5.59. The highest BCUT2D eigenvalue weighted by atomic mass is 35.5. The van der Waals surface area contributed by atoms with E-state index in [1.165, 1.54) is 11.3 Å². The summed E-state index contributed by atoms with van der Waals surface area (Å²) >= 11 is 7.18. The van der Waals surface area contributed by atoms with Gasteiger partial charge in [0.05, 0.1) is 15.8 Å². The SMILES string of the molecule is CC[C@]1(CO)CCCN(C(=O)c2ccc(Cl)s2)C1. The molecule has 0 aromatic carbocycles. The van der Waals surface area contributed by atoms with Crippen LogP contribution in [-0.2, 0) is 0 Å². The van der Waals surface area contributed by atoms with Gasteiger partial charge in [0.2, 0.25) is 0 Å². The molecule has 0 aliphatic carbocycles. The molecule has 0 spiro atoms. The number of likely N-dealkylation sites (tertiary alicyclic amines) is 1. The molecule has 1 fully saturated rings. The number of aliphatic hydroxyl groups is 1. The van der Waals surface area contributed by atoms with Crippen molar-refractivity contribution in [1.29, 1.82) is 0 Å². The van der Waals surface area contributed by atoms with Crippen LogP contribution in [0.4, 0.5) is 0 Å². The fourth-order valence-electron chi connectivity index (χ4n) is 2.50. The molecule has 1 aliphatic heterocycles. The first kappa shape index (κ1) is 13.8. The van der Waals surface area contributed by atoms with E-state index in [4.69, 9.17) is 11.6 Å². The van der Waals surface area contributed by atoms with E-state index in [0.29, 0.717) is 15.8 Å². The predicted molar refractivity (Wildman–Crippen MR) is 74.3 cm³/mol. The molecular weight excluding hydrogens is 270 g/mol. The molecule has 1 amide bonds. The van der Waals surface area contributed by atoms with E-state index in [9.17, 15) is 9.90 Å².